The second-order valence-electron chi connectivity index (χ2n) is 5.50. The molecule has 1 aliphatic heterocycles. The maximum Gasteiger partial charge on any atom is 0.308 e. The smallest absolute Gasteiger partial charge is 0.308 e. The lowest BCUT2D eigenvalue weighted by Crippen LogP contribution is -2.53. The van der Waals surface area contributed by atoms with Crippen LogP contribution in [0.5, 0.6) is 0 Å². The zero-order valence-corrected chi connectivity index (χ0v) is 11.8. The highest BCUT2D eigenvalue weighted by atomic mass is 19.1. The fraction of sp³-hybridized carbons (Fsp3) is 0.467. The number of benzene rings is 1. The van der Waals surface area contributed by atoms with Crippen molar-refractivity contribution in [3.63, 3.8) is 0 Å². The number of halogens is 1. The number of carboxylic acids is 1. The standard InChI is InChI=1S/C15H18FNO3/c1-8-4-5-12(11(16)6-8)17-10(3)14(15(19)20)9(2)7-13(17)18/h4-6,9-10,14H,7H2,1-3H3,(H,19,20). The molecule has 0 radical (unpaired) electrons. The minimum absolute atomic E-state index is 0.120. The van der Waals surface area contributed by atoms with Crippen molar-refractivity contribution >= 4 is 17.6 Å². The van der Waals surface area contributed by atoms with Gasteiger partial charge in [0.25, 0.3) is 0 Å². The summed E-state index contributed by atoms with van der Waals surface area (Å²) in [6.07, 6.45) is 0.120. The van der Waals surface area contributed by atoms with E-state index in [0.717, 1.165) is 5.56 Å². The summed E-state index contributed by atoms with van der Waals surface area (Å²) in [5.74, 6) is -2.61. The Balaban J connectivity index is 2.43. The summed E-state index contributed by atoms with van der Waals surface area (Å²) >= 11 is 0. The average molecular weight is 279 g/mol. The van der Waals surface area contributed by atoms with Crippen LogP contribution in [0.15, 0.2) is 18.2 Å². The van der Waals surface area contributed by atoms with Crippen molar-refractivity contribution < 1.29 is 19.1 Å². The number of aryl methyl sites for hydroxylation is 1. The maximum absolute atomic E-state index is 14.1. The molecule has 20 heavy (non-hydrogen) atoms. The monoisotopic (exact) mass is 279 g/mol. The molecule has 1 fully saturated rings. The van der Waals surface area contributed by atoms with E-state index in [1.807, 2.05) is 0 Å². The number of carboxylic acid groups (broad SMARTS) is 1. The van der Waals surface area contributed by atoms with Gasteiger partial charge in [0.15, 0.2) is 0 Å². The molecule has 0 spiro atoms. The normalized spacial score (nSPS) is 26.7. The minimum atomic E-state index is -0.949. The molecule has 1 N–H and O–H groups in total. The molecule has 3 unspecified atom stereocenters. The second-order valence-corrected chi connectivity index (χ2v) is 5.50. The molecule has 1 heterocycles. The lowest BCUT2D eigenvalue weighted by Gasteiger charge is -2.40. The van der Waals surface area contributed by atoms with E-state index in [0.29, 0.717) is 0 Å². The molecule has 5 heteroatoms. The zero-order chi connectivity index (χ0) is 15.0. The molecule has 1 aromatic rings. The Kier molecular flexibility index (Phi) is 3.79. The van der Waals surface area contributed by atoms with Gasteiger partial charge >= 0.3 is 5.97 Å². The van der Waals surface area contributed by atoms with Crippen LogP contribution >= 0.6 is 0 Å². The van der Waals surface area contributed by atoms with Crippen LogP contribution < -0.4 is 4.90 Å². The average Bonchev–Trinajstić information content (AvgIpc) is 2.30. The van der Waals surface area contributed by atoms with Crippen molar-refractivity contribution in [1.82, 2.24) is 0 Å². The van der Waals surface area contributed by atoms with E-state index in [1.54, 1.807) is 26.8 Å². The molecular weight excluding hydrogens is 261 g/mol. The Morgan fingerprint density at radius 2 is 2.05 bits per heavy atom. The summed E-state index contributed by atoms with van der Waals surface area (Å²) in [6, 6.07) is 4.03. The fourth-order valence-electron chi connectivity index (χ4n) is 2.97. The maximum atomic E-state index is 14.1. The second kappa shape index (κ2) is 5.23. The molecule has 1 amide bonds. The number of rotatable bonds is 2. The van der Waals surface area contributed by atoms with Crippen LogP contribution in [0, 0.1) is 24.6 Å². The van der Waals surface area contributed by atoms with Crippen LogP contribution in [-0.2, 0) is 9.59 Å². The van der Waals surface area contributed by atoms with Gasteiger partial charge in [-0.1, -0.05) is 13.0 Å². The summed E-state index contributed by atoms with van der Waals surface area (Å²) in [5.41, 5.74) is 0.915. The van der Waals surface area contributed by atoms with Gasteiger partial charge in [-0.05, 0) is 37.5 Å². The molecule has 3 atom stereocenters. The van der Waals surface area contributed by atoms with Crippen LogP contribution in [0.2, 0.25) is 0 Å². The van der Waals surface area contributed by atoms with E-state index in [2.05, 4.69) is 0 Å². The summed E-state index contributed by atoms with van der Waals surface area (Å²) in [6.45, 7) is 5.16. The minimum Gasteiger partial charge on any atom is -0.481 e. The Morgan fingerprint density at radius 3 is 2.60 bits per heavy atom. The van der Waals surface area contributed by atoms with E-state index >= 15 is 0 Å². The third-order valence-electron chi connectivity index (χ3n) is 3.95. The Hall–Kier alpha value is -1.91. The number of piperidine rings is 1. The SMILES string of the molecule is Cc1ccc(N2C(=O)CC(C)C(C(=O)O)C2C)c(F)c1. The Morgan fingerprint density at radius 1 is 1.40 bits per heavy atom. The predicted molar refractivity (Wildman–Crippen MR) is 73.0 cm³/mol. The summed E-state index contributed by atoms with van der Waals surface area (Å²) in [7, 11) is 0. The van der Waals surface area contributed by atoms with Crippen molar-refractivity contribution in [3.05, 3.63) is 29.6 Å². The van der Waals surface area contributed by atoms with Gasteiger partial charge in [0.05, 0.1) is 11.6 Å². The van der Waals surface area contributed by atoms with Crippen LogP contribution in [0.3, 0.4) is 0 Å². The summed E-state index contributed by atoms with van der Waals surface area (Å²) in [4.78, 5) is 24.8. The van der Waals surface area contributed by atoms with Gasteiger partial charge in [0, 0.05) is 12.5 Å². The van der Waals surface area contributed by atoms with Gasteiger partial charge in [0.2, 0.25) is 5.91 Å². The largest absolute Gasteiger partial charge is 0.481 e. The molecule has 4 nitrogen and oxygen atoms in total. The van der Waals surface area contributed by atoms with Crippen molar-refractivity contribution in [3.8, 4) is 0 Å². The highest BCUT2D eigenvalue weighted by molar-refractivity contribution is 5.96. The topological polar surface area (TPSA) is 57.6 Å². The molecular formula is C15H18FNO3. The van der Waals surface area contributed by atoms with Crippen molar-refractivity contribution in [2.75, 3.05) is 4.90 Å². The number of aliphatic carboxylic acids is 1. The van der Waals surface area contributed by atoms with E-state index < -0.39 is 23.7 Å². The van der Waals surface area contributed by atoms with E-state index in [4.69, 9.17) is 0 Å². The number of amides is 1. The first kappa shape index (κ1) is 14.5. The molecule has 2 rings (SSSR count). The van der Waals surface area contributed by atoms with Crippen LogP contribution in [0.4, 0.5) is 10.1 Å². The third-order valence-corrected chi connectivity index (χ3v) is 3.95. The predicted octanol–water partition coefficient (Wildman–Crippen LogP) is 2.60. The lowest BCUT2D eigenvalue weighted by molar-refractivity contribution is -0.146. The number of carbonyl (C=O) groups excluding carboxylic acids is 1. The number of anilines is 1. The highest BCUT2D eigenvalue weighted by Crippen LogP contribution is 2.34. The van der Waals surface area contributed by atoms with Gasteiger partial charge in [-0.15, -0.1) is 0 Å². The van der Waals surface area contributed by atoms with Crippen molar-refractivity contribution in [2.45, 2.75) is 33.2 Å². The summed E-state index contributed by atoms with van der Waals surface area (Å²) in [5, 5.41) is 9.31. The van der Waals surface area contributed by atoms with E-state index in [9.17, 15) is 19.1 Å². The molecule has 1 saturated heterocycles. The van der Waals surface area contributed by atoms with Gasteiger partial charge in [0.1, 0.15) is 5.82 Å². The van der Waals surface area contributed by atoms with Crippen molar-refractivity contribution in [2.24, 2.45) is 11.8 Å². The first-order valence-electron chi connectivity index (χ1n) is 6.64. The molecule has 1 aromatic carbocycles. The number of carbonyl (C=O) groups is 2. The lowest BCUT2D eigenvalue weighted by atomic mass is 9.80. The van der Waals surface area contributed by atoms with Crippen LogP contribution in [-0.4, -0.2) is 23.0 Å². The van der Waals surface area contributed by atoms with Crippen LogP contribution in [0.25, 0.3) is 0 Å². The molecule has 1 aliphatic rings. The fourth-order valence-corrected chi connectivity index (χ4v) is 2.97. The molecule has 0 aromatic heterocycles. The quantitative estimate of drug-likeness (QED) is 0.905. The first-order chi connectivity index (χ1) is 9.32. The number of hydrogen-bond donors (Lipinski definition) is 1. The first-order valence-corrected chi connectivity index (χ1v) is 6.64. The summed E-state index contributed by atoms with van der Waals surface area (Å²) < 4.78 is 14.1. The molecule has 0 bridgehead atoms. The molecule has 108 valence electrons. The van der Waals surface area contributed by atoms with Gasteiger partial charge in [-0.25, -0.2) is 4.39 Å². The highest BCUT2D eigenvalue weighted by Gasteiger charge is 2.42. The molecule has 0 saturated carbocycles. The third kappa shape index (κ3) is 2.40. The van der Waals surface area contributed by atoms with Gasteiger partial charge < -0.3 is 10.0 Å². The van der Waals surface area contributed by atoms with Crippen molar-refractivity contribution in [1.29, 1.82) is 0 Å². The van der Waals surface area contributed by atoms with Gasteiger partial charge in [-0.3, -0.25) is 9.59 Å². The Labute approximate surface area is 117 Å². The number of nitrogens with zero attached hydrogens (tertiary/aromatic N) is 1. The number of hydrogen-bond acceptors (Lipinski definition) is 2. The molecule has 0 aliphatic carbocycles. The van der Waals surface area contributed by atoms with Gasteiger partial charge in [-0.2, -0.15) is 0 Å². The zero-order valence-electron chi connectivity index (χ0n) is 11.8. The van der Waals surface area contributed by atoms with E-state index in [-0.39, 0.29) is 23.9 Å². The van der Waals surface area contributed by atoms with E-state index in [1.165, 1.54) is 17.0 Å². The van der Waals surface area contributed by atoms with Crippen LogP contribution in [0.1, 0.15) is 25.8 Å². The Bertz CT molecular complexity index is 558.